The molecule has 0 aliphatic carbocycles. The fraction of sp³-hybridized carbons (Fsp3) is 0.318. The van der Waals surface area contributed by atoms with Crippen molar-refractivity contribution < 1.29 is 29.3 Å². The van der Waals surface area contributed by atoms with E-state index in [0.717, 1.165) is 32.7 Å². The van der Waals surface area contributed by atoms with Gasteiger partial charge in [0.05, 0.1) is 13.5 Å². The van der Waals surface area contributed by atoms with Gasteiger partial charge in [0.15, 0.2) is 0 Å². The maximum Gasteiger partial charge on any atom is 0.328 e. The van der Waals surface area contributed by atoms with Crippen LogP contribution in [0, 0.1) is 0 Å². The molecule has 160 valence electrons. The summed E-state index contributed by atoms with van der Waals surface area (Å²) in [4.78, 5) is 35.1. The lowest BCUT2D eigenvalue weighted by Crippen LogP contribution is -2.47. The first kappa shape index (κ1) is 22.9. The number of nitrogens with zero attached hydrogens (tertiary/aromatic N) is 2. The summed E-state index contributed by atoms with van der Waals surface area (Å²) in [5.41, 5.74) is 1.31. The summed E-state index contributed by atoms with van der Waals surface area (Å²) < 4.78 is 4.70. The largest absolute Gasteiger partial charge is 0.478 e. The normalized spacial score (nSPS) is 14.2. The molecule has 8 nitrogen and oxygen atoms in total. The molecule has 2 aromatic carbocycles. The molecule has 0 atom stereocenters. The van der Waals surface area contributed by atoms with Crippen LogP contribution in [-0.4, -0.2) is 72.9 Å². The van der Waals surface area contributed by atoms with Crippen molar-refractivity contribution in [2.45, 2.75) is 6.42 Å². The lowest BCUT2D eigenvalue weighted by molar-refractivity contribution is -0.141. The molecule has 1 fully saturated rings. The van der Waals surface area contributed by atoms with Crippen LogP contribution in [0.25, 0.3) is 10.8 Å². The van der Waals surface area contributed by atoms with E-state index in [0.29, 0.717) is 18.6 Å². The molecule has 1 aliphatic rings. The summed E-state index contributed by atoms with van der Waals surface area (Å²) in [7, 11) is 1.45. The molecule has 3 rings (SSSR count). The third-order valence-corrected chi connectivity index (χ3v) is 4.71. The van der Waals surface area contributed by atoms with Crippen LogP contribution in [0.15, 0.2) is 54.6 Å². The summed E-state index contributed by atoms with van der Waals surface area (Å²) in [6.07, 6.45) is 1.59. The molecule has 0 spiro atoms. The van der Waals surface area contributed by atoms with Gasteiger partial charge in [-0.2, -0.15) is 0 Å². The Morgan fingerprint density at radius 2 is 1.53 bits per heavy atom. The molecule has 0 aromatic heterocycles. The Hall–Kier alpha value is -3.39. The molecule has 0 saturated carbocycles. The number of hydrogen-bond acceptors (Lipinski definition) is 6. The number of fused-ring (bicyclic) bond motifs is 1. The molecule has 2 N–H and O–H groups in total. The van der Waals surface area contributed by atoms with Crippen molar-refractivity contribution in [3.05, 3.63) is 54.6 Å². The van der Waals surface area contributed by atoms with Crippen LogP contribution in [0.3, 0.4) is 0 Å². The Morgan fingerprint density at radius 1 is 0.933 bits per heavy atom. The lowest BCUT2D eigenvalue weighted by Gasteiger charge is -2.36. The van der Waals surface area contributed by atoms with Gasteiger partial charge in [0.1, 0.15) is 0 Å². The fourth-order valence-electron chi connectivity index (χ4n) is 3.19. The Kier molecular flexibility index (Phi) is 8.83. The predicted molar refractivity (Wildman–Crippen MR) is 114 cm³/mol. The minimum absolute atomic E-state index is 0.128. The zero-order valence-corrected chi connectivity index (χ0v) is 16.9. The summed E-state index contributed by atoms with van der Waals surface area (Å²) in [5, 5.41) is 18.2. The van der Waals surface area contributed by atoms with Crippen LogP contribution >= 0.6 is 0 Å². The molecule has 0 unspecified atom stereocenters. The number of carboxylic acids is 2. The standard InChI is InChI=1S/C18H22N2O2.C4H4O4/c1-22-18(21)9-10-19-11-13-20(14-12-19)17-8-4-6-15-5-2-3-7-16(15)17;5-3(6)1-2-4(7)8/h2-8H,9-14H2,1H3;1-2H,(H,5,6)(H,7,8)/b;2-1-. The number of anilines is 1. The molecule has 2 aromatic rings. The Balaban J connectivity index is 0.000000343. The second-order valence-electron chi connectivity index (χ2n) is 6.66. The zero-order valence-electron chi connectivity index (χ0n) is 16.9. The smallest absolute Gasteiger partial charge is 0.328 e. The Bertz CT molecular complexity index is 882. The molecule has 1 heterocycles. The van der Waals surface area contributed by atoms with Crippen LogP contribution in [-0.2, 0) is 19.1 Å². The maximum absolute atomic E-state index is 11.2. The number of aliphatic carboxylic acids is 2. The number of rotatable bonds is 6. The van der Waals surface area contributed by atoms with Gasteiger partial charge >= 0.3 is 17.9 Å². The highest BCUT2D eigenvalue weighted by molar-refractivity contribution is 5.94. The summed E-state index contributed by atoms with van der Waals surface area (Å²) in [6.45, 7) is 4.75. The minimum Gasteiger partial charge on any atom is -0.478 e. The molecule has 0 amide bonds. The third kappa shape index (κ3) is 7.21. The average molecular weight is 414 g/mol. The molecule has 8 heteroatoms. The van der Waals surface area contributed by atoms with Crippen molar-refractivity contribution in [1.29, 1.82) is 0 Å². The highest BCUT2D eigenvalue weighted by Gasteiger charge is 2.19. The topological polar surface area (TPSA) is 107 Å². The number of ether oxygens (including phenoxy) is 1. The van der Waals surface area contributed by atoms with E-state index in [-0.39, 0.29) is 5.97 Å². The summed E-state index contributed by atoms with van der Waals surface area (Å²) >= 11 is 0. The monoisotopic (exact) mass is 414 g/mol. The first-order valence-electron chi connectivity index (χ1n) is 9.56. The Labute approximate surface area is 175 Å². The second-order valence-corrected chi connectivity index (χ2v) is 6.66. The van der Waals surface area contributed by atoms with E-state index in [1.165, 1.54) is 23.6 Å². The van der Waals surface area contributed by atoms with Gasteiger partial charge in [0, 0.05) is 55.9 Å². The van der Waals surface area contributed by atoms with Gasteiger partial charge in [-0.25, -0.2) is 9.59 Å². The van der Waals surface area contributed by atoms with Crippen LogP contribution in [0.2, 0.25) is 0 Å². The van der Waals surface area contributed by atoms with Crippen LogP contribution in [0.4, 0.5) is 5.69 Å². The molecule has 0 radical (unpaired) electrons. The fourth-order valence-corrected chi connectivity index (χ4v) is 3.19. The quantitative estimate of drug-likeness (QED) is 0.547. The van der Waals surface area contributed by atoms with Crippen LogP contribution < -0.4 is 4.90 Å². The van der Waals surface area contributed by atoms with Crippen molar-refractivity contribution in [1.82, 2.24) is 4.90 Å². The van der Waals surface area contributed by atoms with Crippen molar-refractivity contribution >= 4 is 34.4 Å². The van der Waals surface area contributed by atoms with Crippen molar-refractivity contribution in [2.24, 2.45) is 0 Å². The highest BCUT2D eigenvalue weighted by atomic mass is 16.5. The van der Waals surface area contributed by atoms with Gasteiger partial charge in [0.25, 0.3) is 0 Å². The highest BCUT2D eigenvalue weighted by Crippen LogP contribution is 2.27. The zero-order chi connectivity index (χ0) is 21.9. The van der Waals surface area contributed by atoms with E-state index in [9.17, 15) is 14.4 Å². The van der Waals surface area contributed by atoms with Gasteiger partial charge in [-0.3, -0.25) is 9.69 Å². The first-order chi connectivity index (χ1) is 14.4. The number of hydrogen-bond donors (Lipinski definition) is 2. The van der Waals surface area contributed by atoms with Gasteiger partial charge in [-0.15, -0.1) is 0 Å². The van der Waals surface area contributed by atoms with Gasteiger partial charge < -0.3 is 19.8 Å². The number of carbonyl (C=O) groups is 3. The molecule has 0 bridgehead atoms. The van der Waals surface area contributed by atoms with Crippen molar-refractivity contribution in [3.63, 3.8) is 0 Å². The van der Waals surface area contributed by atoms with Gasteiger partial charge in [-0.1, -0.05) is 36.4 Å². The first-order valence-corrected chi connectivity index (χ1v) is 9.56. The van der Waals surface area contributed by atoms with E-state index < -0.39 is 11.9 Å². The SMILES string of the molecule is COC(=O)CCN1CCN(c2cccc3ccccc23)CC1.O=C(O)/C=C\C(=O)O. The second kappa shape index (κ2) is 11.6. The average Bonchev–Trinajstić information content (AvgIpc) is 2.76. The molecular formula is C22H26N2O6. The third-order valence-electron chi connectivity index (χ3n) is 4.71. The van der Waals surface area contributed by atoms with E-state index in [4.69, 9.17) is 14.9 Å². The minimum atomic E-state index is -1.26. The van der Waals surface area contributed by atoms with E-state index >= 15 is 0 Å². The van der Waals surface area contributed by atoms with Crippen LogP contribution in [0.5, 0.6) is 0 Å². The molecule has 1 aliphatic heterocycles. The van der Waals surface area contributed by atoms with Crippen LogP contribution in [0.1, 0.15) is 6.42 Å². The van der Waals surface area contributed by atoms with E-state index in [2.05, 4.69) is 52.3 Å². The maximum atomic E-state index is 11.2. The number of methoxy groups -OCH3 is 1. The number of carbonyl (C=O) groups excluding carboxylic acids is 1. The lowest BCUT2D eigenvalue weighted by atomic mass is 10.1. The summed E-state index contributed by atoms with van der Waals surface area (Å²) in [6, 6.07) is 15.0. The number of piperazine rings is 1. The number of carboxylic acid groups (broad SMARTS) is 2. The van der Waals surface area contributed by atoms with Gasteiger partial charge in [-0.05, 0) is 11.5 Å². The van der Waals surface area contributed by atoms with E-state index in [1.807, 2.05) is 0 Å². The molecule has 1 saturated heterocycles. The van der Waals surface area contributed by atoms with E-state index in [1.54, 1.807) is 0 Å². The van der Waals surface area contributed by atoms with Crippen molar-refractivity contribution in [3.8, 4) is 0 Å². The molecular weight excluding hydrogens is 388 g/mol. The Morgan fingerprint density at radius 3 is 2.13 bits per heavy atom. The number of esters is 1. The summed E-state index contributed by atoms with van der Waals surface area (Å²) in [5.74, 6) is -2.64. The van der Waals surface area contributed by atoms with Crippen molar-refractivity contribution in [2.75, 3.05) is 44.7 Å². The predicted octanol–water partition coefficient (Wildman–Crippen LogP) is 2.24. The van der Waals surface area contributed by atoms with Gasteiger partial charge in [0.2, 0.25) is 0 Å². The number of benzene rings is 2. The molecule has 30 heavy (non-hydrogen) atoms.